The van der Waals surface area contributed by atoms with Crippen molar-refractivity contribution in [2.45, 2.75) is 64.3 Å². The molecule has 1 aromatic rings. The van der Waals surface area contributed by atoms with Gasteiger partial charge in [-0.05, 0) is 37.7 Å². The Balaban J connectivity index is 2.00. The largest absolute Gasteiger partial charge is 0.481 e. The number of nitrogens with one attached hydrogen (secondary N) is 1. The molecule has 2 N–H and O–H groups in total. The summed E-state index contributed by atoms with van der Waals surface area (Å²) in [5.41, 5.74) is 1.07. The van der Waals surface area contributed by atoms with Crippen molar-refractivity contribution in [3.05, 3.63) is 35.9 Å². The molecule has 1 aliphatic carbocycles. The number of aliphatic carboxylic acids is 1. The van der Waals surface area contributed by atoms with Gasteiger partial charge >= 0.3 is 5.97 Å². The van der Waals surface area contributed by atoms with Crippen LogP contribution < -0.4 is 5.32 Å². The molecule has 1 atom stereocenters. The lowest BCUT2D eigenvalue weighted by molar-refractivity contribution is -0.144. The number of rotatable bonds is 6. The van der Waals surface area contributed by atoms with Crippen LogP contribution >= 0.6 is 0 Å². The van der Waals surface area contributed by atoms with E-state index in [0.717, 1.165) is 6.42 Å². The highest BCUT2D eigenvalue weighted by Crippen LogP contribution is 2.32. The highest BCUT2D eigenvalue weighted by molar-refractivity contribution is 5.79. The van der Waals surface area contributed by atoms with E-state index in [2.05, 4.69) is 38.2 Å². The van der Waals surface area contributed by atoms with Crippen LogP contribution in [0.25, 0.3) is 0 Å². The van der Waals surface area contributed by atoms with E-state index in [9.17, 15) is 9.59 Å². The first-order valence-corrected chi connectivity index (χ1v) is 8.95. The first-order chi connectivity index (χ1) is 11.4. The monoisotopic (exact) mass is 331 g/mol. The van der Waals surface area contributed by atoms with Crippen molar-refractivity contribution in [3.8, 4) is 0 Å². The SMILES string of the molecule is CCC(NC(=O)C1CCC(C(=O)O)CC1)C(C)(C)c1ccccc1. The van der Waals surface area contributed by atoms with Crippen molar-refractivity contribution in [1.82, 2.24) is 5.32 Å². The Morgan fingerprint density at radius 2 is 1.67 bits per heavy atom. The molecular weight excluding hydrogens is 302 g/mol. The van der Waals surface area contributed by atoms with Gasteiger partial charge in [-0.15, -0.1) is 0 Å². The summed E-state index contributed by atoms with van der Waals surface area (Å²) in [6.07, 6.45) is 3.41. The Bertz CT molecular complexity index is 560. The second kappa shape index (κ2) is 7.82. The number of carboxylic acid groups (broad SMARTS) is 1. The molecule has 1 aliphatic rings. The standard InChI is InChI=1S/C20H29NO3/c1-4-17(20(2,3)16-8-6-5-7-9-16)21-18(22)14-10-12-15(13-11-14)19(23)24/h5-9,14-15,17H,4,10-13H2,1-3H3,(H,21,22)(H,23,24). The summed E-state index contributed by atoms with van der Waals surface area (Å²) in [5, 5.41) is 12.3. The van der Waals surface area contributed by atoms with E-state index >= 15 is 0 Å². The fourth-order valence-electron chi connectivity index (χ4n) is 3.75. The Hall–Kier alpha value is -1.84. The third-order valence-electron chi connectivity index (χ3n) is 5.56. The number of carbonyl (C=O) groups is 2. The zero-order valence-electron chi connectivity index (χ0n) is 14.9. The minimum atomic E-state index is -0.731. The lowest BCUT2D eigenvalue weighted by atomic mass is 9.76. The highest BCUT2D eigenvalue weighted by Gasteiger charge is 2.34. The van der Waals surface area contributed by atoms with Gasteiger partial charge in [0.05, 0.1) is 5.92 Å². The molecule has 0 aromatic heterocycles. The molecule has 1 aromatic carbocycles. The van der Waals surface area contributed by atoms with Crippen LogP contribution in [-0.2, 0) is 15.0 Å². The molecule has 0 saturated heterocycles. The van der Waals surface area contributed by atoms with Gasteiger partial charge in [-0.2, -0.15) is 0 Å². The normalized spacial score (nSPS) is 22.6. The first-order valence-electron chi connectivity index (χ1n) is 8.95. The summed E-state index contributed by atoms with van der Waals surface area (Å²) in [4.78, 5) is 23.7. The fraction of sp³-hybridized carbons (Fsp3) is 0.600. The van der Waals surface area contributed by atoms with Crippen LogP contribution in [-0.4, -0.2) is 23.0 Å². The Labute approximate surface area is 144 Å². The lowest BCUT2D eigenvalue weighted by Gasteiger charge is -2.36. The van der Waals surface area contributed by atoms with Crippen molar-refractivity contribution in [2.24, 2.45) is 11.8 Å². The van der Waals surface area contributed by atoms with Crippen LogP contribution in [0.15, 0.2) is 30.3 Å². The van der Waals surface area contributed by atoms with Gasteiger partial charge in [-0.25, -0.2) is 0 Å². The van der Waals surface area contributed by atoms with E-state index < -0.39 is 5.97 Å². The molecule has 0 spiro atoms. The number of amides is 1. The summed E-state index contributed by atoms with van der Waals surface area (Å²) in [6.45, 7) is 6.42. The quantitative estimate of drug-likeness (QED) is 0.834. The smallest absolute Gasteiger partial charge is 0.306 e. The molecule has 1 fully saturated rings. The fourth-order valence-corrected chi connectivity index (χ4v) is 3.75. The maximum atomic E-state index is 12.7. The Kier molecular flexibility index (Phi) is 6.03. The van der Waals surface area contributed by atoms with Crippen LogP contribution in [0.3, 0.4) is 0 Å². The maximum Gasteiger partial charge on any atom is 0.306 e. The second-order valence-corrected chi connectivity index (χ2v) is 7.44. The number of carbonyl (C=O) groups excluding carboxylic acids is 1. The molecule has 0 aliphatic heterocycles. The van der Waals surface area contributed by atoms with Crippen molar-refractivity contribution in [3.63, 3.8) is 0 Å². The average Bonchev–Trinajstić information content (AvgIpc) is 2.60. The van der Waals surface area contributed by atoms with Gasteiger partial charge in [0.25, 0.3) is 0 Å². The van der Waals surface area contributed by atoms with E-state index in [4.69, 9.17) is 5.11 Å². The molecular formula is C20H29NO3. The second-order valence-electron chi connectivity index (χ2n) is 7.44. The van der Waals surface area contributed by atoms with Crippen LogP contribution in [0.5, 0.6) is 0 Å². The van der Waals surface area contributed by atoms with E-state index in [1.165, 1.54) is 5.56 Å². The average molecular weight is 331 g/mol. The van der Waals surface area contributed by atoms with Gasteiger partial charge < -0.3 is 10.4 Å². The molecule has 1 saturated carbocycles. The van der Waals surface area contributed by atoms with Crippen LogP contribution in [0, 0.1) is 11.8 Å². The van der Waals surface area contributed by atoms with Crippen LogP contribution in [0.1, 0.15) is 58.4 Å². The predicted octanol–water partition coefficient (Wildman–Crippen LogP) is 3.75. The van der Waals surface area contributed by atoms with Crippen molar-refractivity contribution in [2.75, 3.05) is 0 Å². The van der Waals surface area contributed by atoms with Crippen LogP contribution in [0.2, 0.25) is 0 Å². The predicted molar refractivity (Wildman–Crippen MR) is 94.8 cm³/mol. The number of hydrogen-bond donors (Lipinski definition) is 2. The summed E-state index contributed by atoms with van der Waals surface area (Å²) < 4.78 is 0. The van der Waals surface area contributed by atoms with Crippen LogP contribution in [0.4, 0.5) is 0 Å². The molecule has 132 valence electrons. The number of hydrogen-bond acceptors (Lipinski definition) is 2. The van der Waals surface area contributed by atoms with E-state index in [0.29, 0.717) is 25.7 Å². The molecule has 1 amide bonds. The summed E-state index contributed by atoms with van der Waals surface area (Å²) >= 11 is 0. The van der Waals surface area contributed by atoms with Crippen molar-refractivity contribution in [1.29, 1.82) is 0 Å². The number of carboxylic acids is 1. The van der Waals surface area contributed by atoms with Gasteiger partial charge in [-0.3, -0.25) is 9.59 Å². The highest BCUT2D eigenvalue weighted by atomic mass is 16.4. The van der Waals surface area contributed by atoms with Gasteiger partial charge in [-0.1, -0.05) is 51.1 Å². The number of benzene rings is 1. The minimum Gasteiger partial charge on any atom is -0.481 e. The van der Waals surface area contributed by atoms with Gasteiger partial charge in [0.15, 0.2) is 0 Å². The van der Waals surface area contributed by atoms with Crippen molar-refractivity contribution >= 4 is 11.9 Å². The van der Waals surface area contributed by atoms with E-state index in [1.54, 1.807) is 0 Å². The molecule has 0 radical (unpaired) electrons. The molecule has 4 heteroatoms. The summed E-state index contributed by atoms with van der Waals surface area (Å²) in [6, 6.07) is 10.3. The van der Waals surface area contributed by atoms with Gasteiger partial charge in [0.2, 0.25) is 5.91 Å². The van der Waals surface area contributed by atoms with Gasteiger partial charge in [0.1, 0.15) is 0 Å². The zero-order valence-corrected chi connectivity index (χ0v) is 14.9. The van der Waals surface area contributed by atoms with E-state index in [1.807, 2.05) is 18.2 Å². The molecule has 1 unspecified atom stereocenters. The molecule has 4 nitrogen and oxygen atoms in total. The van der Waals surface area contributed by atoms with Crippen molar-refractivity contribution < 1.29 is 14.7 Å². The topological polar surface area (TPSA) is 66.4 Å². The summed E-state index contributed by atoms with van der Waals surface area (Å²) in [5.74, 6) is -0.988. The third-order valence-corrected chi connectivity index (χ3v) is 5.56. The zero-order chi connectivity index (χ0) is 17.7. The van der Waals surface area contributed by atoms with Gasteiger partial charge in [0, 0.05) is 17.4 Å². The molecule has 0 heterocycles. The lowest BCUT2D eigenvalue weighted by Crippen LogP contribution is -2.49. The first kappa shape index (κ1) is 18.5. The molecule has 2 rings (SSSR count). The maximum absolute atomic E-state index is 12.7. The molecule has 24 heavy (non-hydrogen) atoms. The Morgan fingerprint density at radius 1 is 1.12 bits per heavy atom. The third kappa shape index (κ3) is 4.16. The molecule has 0 bridgehead atoms. The minimum absolute atomic E-state index is 0.0544. The Morgan fingerprint density at radius 3 is 2.17 bits per heavy atom. The van der Waals surface area contributed by atoms with E-state index in [-0.39, 0.29) is 29.2 Å². The summed E-state index contributed by atoms with van der Waals surface area (Å²) in [7, 11) is 0.